The Morgan fingerprint density at radius 3 is 2.80 bits per heavy atom. The van der Waals surface area contributed by atoms with Crippen molar-refractivity contribution in [1.82, 2.24) is 5.16 Å². The van der Waals surface area contributed by atoms with Gasteiger partial charge >= 0.3 is 5.97 Å². The summed E-state index contributed by atoms with van der Waals surface area (Å²) in [4.78, 5) is 10.7. The molecule has 1 aliphatic heterocycles. The zero-order chi connectivity index (χ0) is 14.3. The van der Waals surface area contributed by atoms with Crippen molar-refractivity contribution in [3.8, 4) is 22.8 Å². The predicted octanol–water partition coefficient (Wildman–Crippen LogP) is 2.71. The topological polar surface area (TPSA) is 81.8 Å². The smallest absolute Gasteiger partial charge is 0.374 e. The fourth-order valence-corrected chi connectivity index (χ4v) is 2.34. The summed E-state index contributed by atoms with van der Waals surface area (Å²) in [6, 6.07) is 2.54. The van der Waals surface area contributed by atoms with Gasteiger partial charge in [0.1, 0.15) is 18.9 Å². The van der Waals surface area contributed by atoms with Gasteiger partial charge in [-0.05, 0) is 22.0 Å². The van der Waals surface area contributed by atoms with Gasteiger partial charge in [-0.2, -0.15) is 0 Å². The standard InChI is InChI=1S/C12H7BrFNO5/c13-9-10(14)5(3-7-11(9)19-2-1-18-7)6-4-8(12(16)17)20-15-6/h3-4H,1-2H2,(H,16,17). The number of benzene rings is 1. The molecule has 0 unspecified atom stereocenters. The minimum atomic E-state index is -1.28. The zero-order valence-electron chi connectivity index (χ0n) is 9.85. The molecule has 0 atom stereocenters. The molecule has 1 N–H and O–H groups in total. The summed E-state index contributed by atoms with van der Waals surface area (Å²) in [6.45, 7) is 0.682. The average molecular weight is 344 g/mol. The van der Waals surface area contributed by atoms with Crippen molar-refractivity contribution in [2.75, 3.05) is 13.2 Å². The van der Waals surface area contributed by atoms with Crippen LogP contribution in [0.5, 0.6) is 11.5 Å². The lowest BCUT2D eigenvalue weighted by Crippen LogP contribution is -2.16. The Balaban J connectivity index is 2.13. The van der Waals surface area contributed by atoms with E-state index in [1.807, 2.05) is 0 Å². The van der Waals surface area contributed by atoms with E-state index in [4.69, 9.17) is 14.6 Å². The molecule has 0 radical (unpaired) electrons. The third-order valence-corrected chi connectivity index (χ3v) is 3.42. The quantitative estimate of drug-likeness (QED) is 0.902. The van der Waals surface area contributed by atoms with Crippen LogP contribution in [-0.2, 0) is 0 Å². The number of carboxylic acid groups (broad SMARTS) is 1. The lowest BCUT2D eigenvalue weighted by atomic mass is 10.1. The largest absolute Gasteiger partial charge is 0.486 e. The summed E-state index contributed by atoms with van der Waals surface area (Å²) in [5.74, 6) is -1.63. The van der Waals surface area contributed by atoms with E-state index in [1.54, 1.807) is 0 Å². The predicted molar refractivity (Wildman–Crippen MR) is 67.5 cm³/mol. The summed E-state index contributed by atoms with van der Waals surface area (Å²) >= 11 is 3.10. The summed E-state index contributed by atoms with van der Waals surface area (Å²) in [5, 5.41) is 12.3. The van der Waals surface area contributed by atoms with Crippen LogP contribution in [0.4, 0.5) is 4.39 Å². The maximum absolute atomic E-state index is 14.3. The first-order valence-corrected chi connectivity index (χ1v) is 6.35. The van der Waals surface area contributed by atoms with Gasteiger partial charge in [-0.25, -0.2) is 9.18 Å². The van der Waals surface area contributed by atoms with E-state index >= 15 is 0 Å². The van der Waals surface area contributed by atoms with Gasteiger partial charge in [0.2, 0.25) is 5.76 Å². The Morgan fingerprint density at radius 2 is 2.10 bits per heavy atom. The van der Waals surface area contributed by atoms with Crippen LogP contribution < -0.4 is 9.47 Å². The highest BCUT2D eigenvalue weighted by Gasteiger charge is 2.24. The van der Waals surface area contributed by atoms with Crippen LogP contribution in [0.25, 0.3) is 11.3 Å². The van der Waals surface area contributed by atoms with Crippen LogP contribution in [0.3, 0.4) is 0 Å². The number of halogens is 2. The molecule has 0 spiro atoms. The van der Waals surface area contributed by atoms with Crippen LogP contribution >= 0.6 is 15.9 Å². The molecular formula is C12H7BrFNO5. The summed E-state index contributed by atoms with van der Waals surface area (Å²) < 4.78 is 29.7. The van der Waals surface area contributed by atoms with Gasteiger partial charge in [-0.3, -0.25) is 0 Å². The molecule has 8 heteroatoms. The number of carbonyl (C=O) groups is 1. The second kappa shape index (κ2) is 4.78. The lowest BCUT2D eigenvalue weighted by molar-refractivity contribution is 0.0652. The van der Waals surface area contributed by atoms with Crippen molar-refractivity contribution in [1.29, 1.82) is 0 Å². The number of hydrogen-bond acceptors (Lipinski definition) is 5. The molecule has 20 heavy (non-hydrogen) atoms. The van der Waals surface area contributed by atoms with Gasteiger partial charge < -0.3 is 19.1 Å². The highest BCUT2D eigenvalue weighted by atomic mass is 79.9. The van der Waals surface area contributed by atoms with Crippen molar-refractivity contribution in [3.63, 3.8) is 0 Å². The first-order chi connectivity index (χ1) is 9.58. The van der Waals surface area contributed by atoms with E-state index in [0.29, 0.717) is 19.0 Å². The number of fused-ring (bicyclic) bond motifs is 1. The van der Waals surface area contributed by atoms with E-state index in [0.717, 1.165) is 6.07 Å². The Labute approximate surface area is 120 Å². The van der Waals surface area contributed by atoms with E-state index in [9.17, 15) is 9.18 Å². The van der Waals surface area contributed by atoms with Crippen LogP contribution in [-0.4, -0.2) is 29.4 Å². The normalized spacial score (nSPS) is 13.3. The van der Waals surface area contributed by atoms with Crippen LogP contribution in [0.15, 0.2) is 21.1 Å². The molecule has 0 aliphatic carbocycles. The van der Waals surface area contributed by atoms with Crippen LogP contribution in [0.1, 0.15) is 10.6 Å². The molecule has 1 aliphatic rings. The second-order valence-corrected chi connectivity index (χ2v) is 4.75. The van der Waals surface area contributed by atoms with E-state index in [-0.39, 0.29) is 27.2 Å². The number of ether oxygens (including phenoxy) is 2. The van der Waals surface area contributed by atoms with Gasteiger partial charge in [0.15, 0.2) is 17.3 Å². The molecule has 2 heterocycles. The Kier molecular flexibility index (Phi) is 3.09. The number of aromatic nitrogens is 1. The third-order valence-electron chi connectivity index (χ3n) is 2.71. The number of carboxylic acids is 1. The van der Waals surface area contributed by atoms with Gasteiger partial charge in [0.05, 0.1) is 4.47 Å². The van der Waals surface area contributed by atoms with Crippen LogP contribution in [0.2, 0.25) is 0 Å². The number of nitrogens with zero attached hydrogens (tertiary/aromatic N) is 1. The van der Waals surface area contributed by atoms with Crippen LogP contribution in [0, 0.1) is 5.82 Å². The molecular weight excluding hydrogens is 337 g/mol. The molecule has 1 aromatic carbocycles. The third kappa shape index (κ3) is 2.01. The Morgan fingerprint density at radius 1 is 1.35 bits per heavy atom. The van der Waals surface area contributed by atoms with E-state index in [1.165, 1.54) is 6.07 Å². The first-order valence-electron chi connectivity index (χ1n) is 5.56. The van der Waals surface area contributed by atoms with E-state index in [2.05, 4.69) is 25.6 Å². The summed E-state index contributed by atoms with van der Waals surface area (Å²) in [5.41, 5.74) is 0.134. The molecule has 3 rings (SSSR count). The minimum absolute atomic E-state index is 0.0670. The maximum atomic E-state index is 14.3. The lowest BCUT2D eigenvalue weighted by Gasteiger charge is -2.20. The molecule has 0 amide bonds. The zero-order valence-corrected chi connectivity index (χ0v) is 11.4. The molecule has 104 valence electrons. The highest BCUT2D eigenvalue weighted by Crippen LogP contribution is 2.43. The highest BCUT2D eigenvalue weighted by molar-refractivity contribution is 9.10. The number of hydrogen-bond donors (Lipinski definition) is 1. The molecule has 0 saturated heterocycles. The van der Waals surface area contributed by atoms with Crippen molar-refractivity contribution in [2.45, 2.75) is 0 Å². The Bertz CT molecular complexity index is 699. The number of aromatic carboxylic acids is 1. The fourth-order valence-electron chi connectivity index (χ4n) is 1.81. The van der Waals surface area contributed by atoms with Crippen molar-refractivity contribution < 1.29 is 28.3 Å². The monoisotopic (exact) mass is 343 g/mol. The average Bonchev–Trinajstić information content (AvgIpc) is 2.92. The summed E-state index contributed by atoms with van der Waals surface area (Å²) in [6.07, 6.45) is 0. The minimum Gasteiger partial charge on any atom is -0.486 e. The second-order valence-electron chi connectivity index (χ2n) is 3.96. The fraction of sp³-hybridized carbons (Fsp3) is 0.167. The van der Waals surface area contributed by atoms with Gasteiger partial charge in [0, 0.05) is 11.6 Å². The van der Waals surface area contributed by atoms with Crippen molar-refractivity contribution >= 4 is 21.9 Å². The van der Waals surface area contributed by atoms with Gasteiger partial charge in [-0.15, -0.1) is 0 Å². The Hall–Kier alpha value is -2.09. The van der Waals surface area contributed by atoms with Gasteiger partial charge in [0.25, 0.3) is 0 Å². The first kappa shape index (κ1) is 12.9. The molecule has 6 nitrogen and oxygen atoms in total. The molecule has 0 saturated carbocycles. The van der Waals surface area contributed by atoms with E-state index < -0.39 is 11.8 Å². The molecule has 1 aromatic heterocycles. The molecule has 2 aromatic rings. The molecule has 0 bridgehead atoms. The van der Waals surface area contributed by atoms with Gasteiger partial charge in [-0.1, -0.05) is 5.16 Å². The SMILES string of the molecule is O=C(O)c1cc(-c2cc3c(c(Br)c2F)OCCO3)no1. The molecule has 0 fully saturated rings. The number of rotatable bonds is 2. The van der Waals surface area contributed by atoms with Crippen molar-refractivity contribution in [3.05, 3.63) is 28.2 Å². The maximum Gasteiger partial charge on any atom is 0.374 e. The van der Waals surface area contributed by atoms with Crippen molar-refractivity contribution in [2.24, 2.45) is 0 Å². The summed E-state index contributed by atoms with van der Waals surface area (Å²) in [7, 11) is 0.